The molecule has 0 fully saturated rings. The second kappa shape index (κ2) is 12.6. The van der Waals surface area contributed by atoms with Crippen LogP contribution >= 0.6 is 0 Å². The molecule has 43 heavy (non-hydrogen) atoms. The van der Waals surface area contributed by atoms with E-state index in [1.54, 1.807) is 31.2 Å². The Morgan fingerprint density at radius 3 is 2.12 bits per heavy atom. The molecule has 0 aliphatic carbocycles. The average Bonchev–Trinajstić information content (AvgIpc) is 3.32. The molecule has 4 aromatic carbocycles. The summed E-state index contributed by atoms with van der Waals surface area (Å²) in [5, 5.41) is 7.47. The van der Waals surface area contributed by atoms with Crippen molar-refractivity contribution in [1.29, 1.82) is 0 Å². The summed E-state index contributed by atoms with van der Waals surface area (Å²) in [5.74, 6) is 0.0364. The summed E-state index contributed by atoms with van der Waals surface area (Å²) in [6.45, 7) is 4.09. The minimum atomic E-state index is -3.85. The molecule has 0 atom stereocenters. The number of aryl methyl sites for hydroxylation is 1. The smallest absolute Gasteiger partial charge is 0.281 e. The normalized spacial score (nSPS) is 11.6. The Kier molecular flexibility index (Phi) is 8.54. The number of aromatic amines is 1. The van der Waals surface area contributed by atoms with Gasteiger partial charge in [0.2, 0.25) is 0 Å². The number of aromatic nitrogens is 2. The highest BCUT2D eigenvalue weighted by atomic mass is 32.2. The SMILES string of the molecule is CCOc1ccc(S(=O)(=O)Nc2ccc(C(=O)NN=C(c3ccccc3)c3c(C)[nH]n(-c4ccccc4)c3=O)cc2)cc1. The highest BCUT2D eigenvalue weighted by Gasteiger charge is 2.20. The van der Waals surface area contributed by atoms with Crippen LogP contribution in [0.1, 0.15) is 34.1 Å². The van der Waals surface area contributed by atoms with E-state index in [4.69, 9.17) is 4.74 Å². The molecule has 5 aromatic rings. The van der Waals surface area contributed by atoms with Crippen LogP contribution in [0.3, 0.4) is 0 Å². The summed E-state index contributed by atoms with van der Waals surface area (Å²) in [5.41, 5.74) is 5.24. The summed E-state index contributed by atoms with van der Waals surface area (Å²) in [6.07, 6.45) is 0. The Bertz CT molecular complexity index is 1910. The molecule has 0 unspecified atom stereocenters. The number of carbonyl (C=O) groups is 1. The van der Waals surface area contributed by atoms with Crippen LogP contribution in [0.15, 0.2) is 124 Å². The van der Waals surface area contributed by atoms with Crippen LogP contribution < -0.4 is 20.4 Å². The van der Waals surface area contributed by atoms with Crippen molar-refractivity contribution in [3.8, 4) is 11.4 Å². The van der Waals surface area contributed by atoms with Crippen molar-refractivity contribution in [2.24, 2.45) is 5.10 Å². The van der Waals surface area contributed by atoms with E-state index in [9.17, 15) is 18.0 Å². The van der Waals surface area contributed by atoms with Gasteiger partial charge in [0.05, 0.1) is 22.8 Å². The lowest BCUT2D eigenvalue weighted by Crippen LogP contribution is -2.25. The molecule has 0 saturated carbocycles. The Morgan fingerprint density at radius 1 is 0.860 bits per heavy atom. The van der Waals surface area contributed by atoms with Crippen molar-refractivity contribution in [3.05, 3.63) is 142 Å². The van der Waals surface area contributed by atoms with Gasteiger partial charge in [-0.05, 0) is 74.5 Å². The van der Waals surface area contributed by atoms with Crippen LogP contribution in [0.25, 0.3) is 5.69 Å². The molecule has 0 aliphatic heterocycles. The van der Waals surface area contributed by atoms with E-state index in [0.29, 0.717) is 40.6 Å². The van der Waals surface area contributed by atoms with Crippen LogP contribution in [0.4, 0.5) is 5.69 Å². The number of rotatable bonds is 10. The van der Waals surface area contributed by atoms with Crippen LogP contribution in [-0.2, 0) is 10.0 Å². The number of hydrazone groups is 1. The van der Waals surface area contributed by atoms with Gasteiger partial charge in [0.1, 0.15) is 11.5 Å². The molecular weight excluding hydrogens is 566 g/mol. The maximum atomic E-state index is 13.5. The number of nitrogens with zero attached hydrogens (tertiary/aromatic N) is 2. The molecule has 1 amide bonds. The lowest BCUT2D eigenvalue weighted by molar-refractivity contribution is 0.0955. The number of benzene rings is 4. The first-order valence-electron chi connectivity index (χ1n) is 13.4. The lowest BCUT2D eigenvalue weighted by Gasteiger charge is -2.10. The molecule has 0 saturated heterocycles. The minimum Gasteiger partial charge on any atom is -0.494 e. The number of H-pyrrole nitrogens is 1. The third-order valence-corrected chi connectivity index (χ3v) is 7.88. The van der Waals surface area contributed by atoms with Gasteiger partial charge in [-0.3, -0.25) is 19.4 Å². The number of carbonyl (C=O) groups excluding carboxylic acids is 1. The molecule has 11 heteroatoms. The molecule has 0 aliphatic rings. The van der Waals surface area contributed by atoms with E-state index in [0.717, 1.165) is 0 Å². The Morgan fingerprint density at radius 2 is 1.49 bits per heavy atom. The number of hydrogen-bond acceptors (Lipinski definition) is 6. The van der Waals surface area contributed by atoms with E-state index in [2.05, 4.69) is 20.3 Å². The Labute approximate surface area is 248 Å². The Hall–Kier alpha value is -5.42. The zero-order chi connectivity index (χ0) is 30.4. The third kappa shape index (κ3) is 6.57. The van der Waals surface area contributed by atoms with Gasteiger partial charge in [-0.1, -0.05) is 48.5 Å². The third-order valence-electron chi connectivity index (χ3n) is 6.48. The van der Waals surface area contributed by atoms with Crippen LogP contribution in [-0.4, -0.2) is 36.4 Å². The van der Waals surface area contributed by atoms with E-state index in [1.165, 1.54) is 41.1 Å². The number of nitrogens with one attached hydrogen (secondary N) is 3. The fraction of sp³-hybridized carbons (Fsp3) is 0.0938. The molecule has 0 spiro atoms. The van der Waals surface area contributed by atoms with Crippen molar-refractivity contribution in [2.45, 2.75) is 18.7 Å². The standard InChI is InChI=1S/C32H29N5O5S/c1-3-42-27-18-20-28(21-19-27)43(40,41)36-25-16-14-24(15-17-25)31(38)34-33-30(23-10-6-4-7-11-23)29-22(2)35-37(32(29)39)26-12-8-5-9-13-26/h4-21,35-36H,3H2,1-2H3,(H,34,38). The van der Waals surface area contributed by atoms with Crippen LogP contribution in [0.5, 0.6) is 5.75 Å². The number of sulfonamides is 1. The van der Waals surface area contributed by atoms with Crippen LogP contribution in [0, 0.1) is 6.92 Å². The van der Waals surface area contributed by atoms with Crippen LogP contribution in [0.2, 0.25) is 0 Å². The van der Waals surface area contributed by atoms with Crippen molar-refractivity contribution >= 4 is 27.3 Å². The number of amides is 1. The molecule has 3 N–H and O–H groups in total. The topological polar surface area (TPSA) is 135 Å². The second-order valence-corrected chi connectivity index (χ2v) is 11.1. The predicted molar refractivity (Wildman–Crippen MR) is 166 cm³/mol. The van der Waals surface area contributed by atoms with Gasteiger partial charge in [0.15, 0.2) is 0 Å². The number of anilines is 1. The number of para-hydroxylation sites is 1. The average molecular weight is 596 g/mol. The maximum Gasteiger partial charge on any atom is 0.281 e. The highest BCUT2D eigenvalue weighted by molar-refractivity contribution is 7.92. The van der Waals surface area contributed by atoms with Gasteiger partial charge in [0, 0.05) is 22.5 Å². The maximum absolute atomic E-state index is 13.5. The first-order chi connectivity index (χ1) is 20.8. The van der Waals surface area contributed by atoms with Gasteiger partial charge < -0.3 is 4.74 Å². The quantitative estimate of drug-likeness (QED) is 0.157. The monoisotopic (exact) mass is 595 g/mol. The molecule has 218 valence electrons. The van der Waals surface area contributed by atoms with Crippen molar-refractivity contribution < 1.29 is 17.9 Å². The largest absolute Gasteiger partial charge is 0.494 e. The highest BCUT2D eigenvalue weighted by Crippen LogP contribution is 2.20. The van der Waals surface area contributed by atoms with Gasteiger partial charge in [-0.2, -0.15) is 5.10 Å². The van der Waals surface area contributed by atoms with Gasteiger partial charge in [-0.15, -0.1) is 0 Å². The first-order valence-corrected chi connectivity index (χ1v) is 14.9. The van der Waals surface area contributed by atoms with Gasteiger partial charge >= 0.3 is 0 Å². The Balaban J connectivity index is 1.37. The lowest BCUT2D eigenvalue weighted by atomic mass is 10.0. The molecule has 0 bridgehead atoms. The minimum absolute atomic E-state index is 0.0759. The van der Waals surface area contributed by atoms with Gasteiger partial charge in [0.25, 0.3) is 21.5 Å². The van der Waals surface area contributed by atoms with Gasteiger partial charge in [-0.25, -0.2) is 18.5 Å². The van der Waals surface area contributed by atoms with E-state index in [1.807, 2.05) is 55.5 Å². The van der Waals surface area contributed by atoms with E-state index in [-0.39, 0.29) is 21.7 Å². The zero-order valence-corrected chi connectivity index (χ0v) is 24.3. The van der Waals surface area contributed by atoms with E-state index >= 15 is 0 Å². The van der Waals surface area contributed by atoms with E-state index < -0.39 is 15.9 Å². The molecular formula is C32H29N5O5S. The molecule has 5 rings (SSSR count). The molecule has 1 heterocycles. The first kappa shape index (κ1) is 29.1. The van der Waals surface area contributed by atoms with Crippen molar-refractivity contribution in [3.63, 3.8) is 0 Å². The molecule has 0 radical (unpaired) electrons. The number of hydrogen-bond donors (Lipinski definition) is 3. The summed E-state index contributed by atoms with van der Waals surface area (Å²) in [7, 11) is -3.85. The van der Waals surface area contributed by atoms with Crippen molar-refractivity contribution in [1.82, 2.24) is 15.2 Å². The molecule has 10 nitrogen and oxygen atoms in total. The van der Waals surface area contributed by atoms with Crippen molar-refractivity contribution in [2.75, 3.05) is 11.3 Å². The summed E-state index contributed by atoms with van der Waals surface area (Å²) < 4.78 is 34.9. The number of ether oxygens (including phenoxy) is 1. The second-order valence-electron chi connectivity index (χ2n) is 9.44. The fourth-order valence-corrected chi connectivity index (χ4v) is 5.46. The summed E-state index contributed by atoms with van der Waals surface area (Å²) in [6, 6.07) is 30.2. The molecule has 1 aromatic heterocycles. The zero-order valence-electron chi connectivity index (χ0n) is 23.4. The summed E-state index contributed by atoms with van der Waals surface area (Å²) >= 11 is 0. The predicted octanol–water partition coefficient (Wildman–Crippen LogP) is 4.86. The summed E-state index contributed by atoms with van der Waals surface area (Å²) in [4.78, 5) is 26.6. The fourth-order valence-electron chi connectivity index (χ4n) is 4.40.